The van der Waals surface area contributed by atoms with Gasteiger partial charge in [0.2, 0.25) is 0 Å². The van der Waals surface area contributed by atoms with Crippen molar-refractivity contribution >= 4 is 23.2 Å². The number of amides is 1. The Morgan fingerprint density at radius 1 is 1.03 bits per heavy atom. The smallest absolute Gasteiger partial charge is 0.276 e. The van der Waals surface area contributed by atoms with Crippen LogP contribution in [0.15, 0.2) is 71.8 Å². The second-order valence-electron chi connectivity index (χ2n) is 7.38. The average Bonchev–Trinajstić information content (AvgIpc) is 3.24. The molecule has 1 aliphatic heterocycles. The number of carbonyl (C=O) groups is 1. The highest BCUT2D eigenvalue weighted by molar-refractivity contribution is 6.33. The van der Waals surface area contributed by atoms with Crippen LogP contribution < -0.4 is 9.47 Å². The van der Waals surface area contributed by atoms with Gasteiger partial charge >= 0.3 is 0 Å². The molecule has 5 nitrogen and oxygen atoms in total. The third kappa shape index (κ3) is 4.14. The van der Waals surface area contributed by atoms with E-state index in [1.54, 1.807) is 38.5 Å². The number of carbonyl (C=O) groups excluding carboxylic acids is 1. The Morgan fingerprint density at radius 2 is 1.84 bits per heavy atom. The van der Waals surface area contributed by atoms with E-state index in [1.807, 2.05) is 43.3 Å². The van der Waals surface area contributed by atoms with Gasteiger partial charge in [0.15, 0.2) is 0 Å². The Bertz CT molecular complexity index is 1160. The molecule has 0 aliphatic carbocycles. The molecule has 0 N–H and O–H groups in total. The predicted octanol–water partition coefficient (Wildman–Crippen LogP) is 5.66. The summed E-state index contributed by atoms with van der Waals surface area (Å²) in [5.74, 6) is 1.10. The van der Waals surface area contributed by atoms with E-state index in [2.05, 4.69) is 6.07 Å². The Morgan fingerprint density at radius 3 is 2.55 bits per heavy atom. The average molecular weight is 435 g/mol. The van der Waals surface area contributed by atoms with Crippen LogP contribution in [0.5, 0.6) is 11.5 Å². The lowest BCUT2D eigenvalue weighted by atomic mass is 9.96. The lowest BCUT2D eigenvalue weighted by Gasteiger charge is -2.22. The number of nitrogens with zero attached hydrogens (tertiary/aromatic N) is 2. The van der Waals surface area contributed by atoms with Gasteiger partial charge in [-0.1, -0.05) is 53.6 Å². The molecule has 3 aromatic carbocycles. The highest BCUT2D eigenvalue weighted by Gasteiger charge is 2.35. The SMILES string of the molecule is COc1ccc(C2=NN(C(=O)c3ccccc3Cl)[C@H](c3cccc(C)c3)C2)c(OC)c1. The van der Waals surface area contributed by atoms with Crippen molar-refractivity contribution in [1.29, 1.82) is 0 Å². The summed E-state index contributed by atoms with van der Waals surface area (Å²) in [6, 6.07) is 20.5. The van der Waals surface area contributed by atoms with Crippen molar-refractivity contribution in [3.05, 3.63) is 94.0 Å². The van der Waals surface area contributed by atoms with E-state index in [0.29, 0.717) is 28.5 Å². The minimum Gasteiger partial charge on any atom is -0.497 e. The van der Waals surface area contributed by atoms with Crippen LogP contribution in [0.3, 0.4) is 0 Å². The zero-order valence-corrected chi connectivity index (χ0v) is 18.4. The van der Waals surface area contributed by atoms with Crippen molar-refractivity contribution in [3.8, 4) is 11.5 Å². The molecule has 0 unspecified atom stereocenters. The summed E-state index contributed by atoms with van der Waals surface area (Å²) in [4.78, 5) is 13.5. The summed E-state index contributed by atoms with van der Waals surface area (Å²) in [6.07, 6.45) is 0.558. The van der Waals surface area contributed by atoms with Crippen LogP contribution in [0.2, 0.25) is 5.02 Å². The van der Waals surface area contributed by atoms with Gasteiger partial charge in [0, 0.05) is 18.1 Å². The first-order valence-corrected chi connectivity index (χ1v) is 10.3. The van der Waals surface area contributed by atoms with Crippen LogP contribution >= 0.6 is 11.6 Å². The topological polar surface area (TPSA) is 51.1 Å². The maximum Gasteiger partial charge on any atom is 0.276 e. The number of hydrogen-bond donors (Lipinski definition) is 0. The lowest BCUT2D eigenvalue weighted by molar-refractivity contribution is 0.0711. The van der Waals surface area contributed by atoms with Gasteiger partial charge in [0.05, 0.1) is 36.6 Å². The molecular weight excluding hydrogens is 412 g/mol. The van der Waals surface area contributed by atoms with Crippen molar-refractivity contribution in [3.63, 3.8) is 0 Å². The maximum absolute atomic E-state index is 13.5. The largest absolute Gasteiger partial charge is 0.497 e. The number of methoxy groups -OCH3 is 2. The van der Waals surface area contributed by atoms with E-state index in [0.717, 1.165) is 22.4 Å². The fourth-order valence-corrected chi connectivity index (χ4v) is 4.01. The molecule has 1 heterocycles. The summed E-state index contributed by atoms with van der Waals surface area (Å²) < 4.78 is 10.9. The number of aryl methyl sites for hydroxylation is 1. The molecule has 0 saturated heterocycles. The van der Waals surface area contributed by atoms with E-state index in [1.165, 1.54) is 5.01 Å². The van der Waals surface area contributed by atoms with Crippen LogP contribution in [0.25, 0.3) is 0 Å². The number of ether oxygens (including phenoxy) is 2. The number of rotatable bonds is 5. The summed E-state index contributed by atoms with van der Waals surface area (Å²) in [7, 11) is 3.22. The molecule has 1 amide bonds. The van der Waals surface area contributed by atoms with Gasteiger partial charge in [0.25, 0.3) is 5.91 Å². The first-order chi connectivity index (χ1) is 15.0. The van der Waals surface area contributed by atoms with E-state index < -0.39 is 0 Å². The van der Waals surface area contributed by atoms with Gasteiger partial charge in [-0.25, -0.2) is 5.01 Å². The Hall–Kier alpha value is -3.31. The van der Waals surface area contributed by atoms with Crippen LogP contribution in [0.4, 0.5) is 0 Å². The Balaban J connectivity index is 1.79. The van der Waals surface area contributed by atoms with Gasteiger partial charge < -0.3 is 9.47 Å². The molecule has 0 radical (unpaired) electrons. The minimum absolute atomic E-state index is 0.236. The Labute approximate surface area is 186 Å². The van der Waals surface area contributed by atoms with Crippen molar-refractivity contribution in [2.75, 3.05) is 14.2 Å². The lowest BCUT2D eigenvalue weighted by Crippen LogP contribution is -2.27. The maximum atomic E-state index is 13.5. The normalized spacial score (nSPS) is 15.5. The molecule has 3 aromatic rings. The molecule has 0 aromatic heterocycles. The predicted molar refractivity (Wildman–Crippen MR) is 122 cm³/mol. The summed E-state index contributed by atoms with van der Waals surface area (Å²) in [5, 5.41) is 6.69. The molecule has 1 atom stereocenters. The first-order valence-electron chi connectivity index (χ1n) is 9.96. The number of hydrazone groups is 1. The second-order valence-corrected chi connectivity index (χ2v) is 7.78. The zero-order valence-electron chi connectivity index (χ0n) is 17.6. The van der Waals surface area contributed by atoms with Crippen molar-refractivity contribution in [1.82, 2.24) is 5.01 Å². The molecule has 0 spiro atoms. The van der Waals surface area contributed by atoms with Gasteiger partial charge in [0.1, 0.15) is 11.5 Å². The number of hydrogen-bond acceptors (Lipinski definition) is 4. The van der Waals surface area contributed by atoms with Crippen molar-refractivity contribution in [2.45, 2.75) is 19.4 Å². The quantitative estimate of drug-likeness (QED) is 0.520. The summed E-state index contributed by atoms with van der Waals surface area (Å²) in [5.41, 5.74) is 4.17. The van der Waals surface area contributed by atoms with Gasteiger partial charge in [-0.2, -0.15) is 5.10 Å². The molecule has 0 fully saturated rings. The molecule has 158 valence electrons. The fraction of sp³-hybridized carbons (Fsp3) is 0.200. The monoisotopic (exact) mass is 434 g/mol. The summed E-state index contributed by atoms with van der Waals surface area (Å²) >= 11 is 6.32. The van der Waals surface area contributed by atoms with Crippen molar-refractivity contribution in [2.24, 2.45) is 5.10 Å². The second kappa shape index (κ2) is 8.82. The van der Waals surface area contributed by atoms with Crippen LogP contribution in [-0.4, -0.2) is 30.8 Å². The van der Waals surface area contributed by atoms with Gasteiger partial charge in [-0.3, -0.25) is 4.79 Å². The van der Waals surface area contributed by atoms with E-state index in [9.17, 15) is 4.79 Å². The molecule has 31 heavy (non-hydrogen) atoms. The highest BCUT2D eigenvalue weighted by atomic mass is 35.5. The van der Waals surface area contributed by atoms with Crippen LogP contribution in [0, 0.1) is 6.92 Å². The van der Waals surface area contributed by atoms with Crippen molar-refractivity contribution < 1.29 is 14.3 Å². The fourth-order valence-electron chi connectivity index (χ4n) is 3.79. The molecule has 0 saturated carbocycles. The van der Waals surface area contributed by atoms with Gasteiger partial charge in [-0.05, 0) is 36.8 Å². The Kier molecular flexibility index (Phi) is 5.96. The number of benzene rings is 3. The van der Waals surface area contributed by atoms with Gasteiger partial charge in [-0.15, -0.1) is 0 Å². The highest BCUT2D eigenvalue weighted by Crippen LogP contribution is 2.37. The molecule has 1 aliphatic rings. The standard InChI is InChI=1S/C25H23ClN2O3/c1-16-7-6-8-17(13-16)23-15-22(20-12-11-18(30-2)14-24(20)31-3)27-28(23)25(29)19-9-4-5-10-21(19)26/h4-14,23H,15H2,1-3H3/t23-/m0/s1. The third-order valence-corrected chi connectivity index (χ3v) is 5.70. The number of halogens is 1. The molecular formula is C25H23ClN2O3. The third-order valence-electron chi connectivity index (χ3n) is 5.37. The van der Waals surface area contributed by atoms with E-state index in [-0.39, 0.29) is 11.9 Å². The zero-order chi connectivity index (χ0) is 22.0. The first kappa shape index (κ1) is 20.9. The molecule has 0 bridgehead atoms. The van der Waals surface area contributed by atoms with Crippen LogP contribution in [0.1, 0.15) is 39.5 Å². The molecule has 6 heteroatoms. The molecule has 4 rings (SSSR count). The summed E-state index contributed by atoms with van der Waals surface area (Å²) in [6.45, 7) is 2.03. The van der Waals surface area contributed by atoms with E-state index in [4.69, 9.17) is 26.2 Å². The van der Waals surface area contributed by atoms with E-state index >= 15 is 0 Å². The van der Waals surface area contributed by atoms with Crippen LogP contribution in [-0.2, 0) is 0 Å². The minimum atomic E-state index is -0.245.